The van der Waals surface area contributed by atoms with Crippen LogP contribution in [0.5, 0.6) is 0 Å². The van der Waals surface area contributed by atoms with Crippen LogP contribution in [0.15, 0.2) is 34.9 Å². The van der Waals surface area contributed by atoms with Gasteiger partial charge in [0.25, 0.3) is 0 Å². The molecule has 1 atom stereocenters. The summed E-state index contributed by atoms with van der Waals surface area (Å²) in [7, 11) is 0. The first-order valence-corrected chi connectivity index (χ1v) is 8.01. The summed E-state index contributed by atoms with van der Waals surface area (Å²) in [4.78, 5) is 4.76. The lowest BCUT2D eigenvalue weighted by atomic mass is 9.64. The smallest absolute Gasteiger partial charge is 0.243 e. The summed E-state index contributed by atoms with van der Waals surface area (Å²) >= 11 is 0. The van der Waals surface area contributed by atoms with Crippen molar-refractivity contribution in [3.8, 4) is 0 Å². The first kappa shape index (κ1) is 13.0. The zero-order chi connectivity index (χ0) is 14.1. The molecule has 1 aliphatic heterocycles. The third-order valence-corrected chi connectivity index (χ3v) is 5.01. The first-order chi connectivity index (χ1) is 10.4. The van der Waals surface area contributed by atoms with E-state index < -0.39 is 0 Å². The van der Waals surface area contributed by atoms with Gasteiger partial charge in [0.15, 0.2) is 5.82 Å². The van der Waals surface area contributed by atoms with Gasteiger partial charge in [-0.1, -0.05) is 48.3 Å². The van der Waals surface area contributed by atoms with Crippen LogP contribution in [0.2, 0.25) is 0 Å². The number of rotatable bonds is 3. The van der Waals surface area contributed by atoms with E-state index in [0.29, 0.717) is 0 Å². The fourth-order valence-corrected chi connectivity index (χ4v) is 3.56. The number of nitrogens with one attached hydrogen (secondary N) is 1. The summed E-state index contributed by atoms with van der Waals surface area (Å²) in [5, 5.41) is 7.82. The fourth-order valence-electron chi connectivity index (χ4n) is 3.56. The minimum absolute atomic E-state index is 0.0162. The van der Waals surface area contributed by atoms with Crippen molar-refractivity contribution in [1.29, 1.82) is 0 Å². The molecule has 1 saturated carbocycles. The van der Waals surface area contributed by atoms with Crippen molar-refractivity contribution in [2.75, 3.05) is 6.54 Å². The number of hydrogen-bond acceptors (Lipinski definition) is 4. The van der Waals surface area contributed by atoms with E-state index in [1.807, 2.05) is 0 Å². The second-order valence-corrected chi connectivity index (χ2v) is 6.26. The molecule has 21 heavy (non-hydrogen) atoms. The highest BCUT2D eigenvalue weighted by Gasteiger charge is 2.44. The quantitative estimate of drug-likeness (QED) is 0.938. The SMILES string of the molecule is c1ccc(C2(c3noc(C4CCCCN4)n3)CCC2)cc1. The maximum absolute atomic E-state index is 5.58. The van der Waals surface area contributed by atoms with Gasteiger partial charge < -0.3 is 9.84 Å². The maximum Gasteiger partial charge on any atom is 0.243 e. The Morgan fingerprint density at radius 2 is 1.95 bits per heavy atom. The van der Waals surface area contributed by atoms with E-state index in [1.54, 1.807) is 0 Å². The summed E-state index contributed by atoms with van der Waals surface area (Å²) in [5.41, 5.74) is 1.30. The molecule has 1 unspecified atom stereocenters. The molecular weight excluding hydrogens is 262 g/mol. The minimum atomic E-state index is -0.0162. The van der Waals surface area contributed by atoms with Gasteiger partial charge >= 0.3 is 0 Å². The van der Waals surface area contributed by atoms with Crippen molar-refractivity contribution in [3.63, 3.8) is 0 Å². The van der Waals surface area contributed by atoms with Gasteiger partial charge in [-0.2, -0.15) is 4.98 Å². The normalized spacial score (nSPS) is 24.5. The third kappa shape index (κ3) is 2.18. The van der Waals surface area contributed by atoms with Crippen molar-refractivity contribution < 1.29 is 4.52 Å². The average molecular weight is 283 g/mol. The molecule has 1 aromatic heterocycles. The molecule has 4 rings (SSSR count). The molecule has 2 aliphatic rings. The lowest BCUT2D eigenvalue weighted by Crippen LogP contribution is -2.36. The molecule has 2 aromatic rings. The van der Waals surface area contributed by atoms with Gasteiger partial charge in [-0.15, -0.1) is 0 Å². The van der Waals surface area contributed by atoms with E-state index in [1.165, 1.54) is 24.8 Å². The summed E-state index contributed by atoms with van der Waals surface area (Å²) in [5.74, 6) is 1.65. The Labute approximate surface area is 124 Å². The van der Waals surface area contributed by atoms with Crippen LogP contribution in [0.25, 0.3) is 0 Å². The van der Waals surface area contributed by atoms with E-state index in [-0.39, 0.29) is 11.5 Å². The second-order valence-electron chi connectivity index (χ2n) is 6.26. The van der Waals surface area contributed by atoms with Crippen molar-refractivity contribution in [2.24, 2.45) is 0 Å². The number of aromatic nitrogens is 2. The van der Waals surface area contributed by atoms with E-state index >= 15 is 0 Å². The summed E-state index contributed by atoms with van der Waals surface area (Å²) in [6.07, 6.45) is 7.05. The highest BCUT2D eigenvalue weighted by atomic mass is 16.5. The third-order valence-electron chi connectivity index (χ3n) is 5.01. The molecule has 1 aliphatic carbocycles. The maximum atomic E-state index is 5.58. The molecule has 1 aromatic carbocycles. The van der Waals surface area contributed by atoms with Gasteiger partial charge in [0, 0.05) is 0 Å². The Balaban J connectivity index is 1.64. The lowest BCUT2D eigenvalue weighted by molar-refractivity contribution is 0.264. The van der Waals surface area contributed by atoms with Crippen molar-refractivity contribution in [3.05, 3.63) is 47.6 Å². The monoisotopic (exact) mass is 283 g/mol. The van der Waals surface area contributed by atoms with Gasteiger partial charge in [-0.25, -0.2) is 0 Å². The molecular formula is C17H21N3O. The average Bonchev–Trinajstić information content (AvgIpc) is 2.98. The first-order valence-electron chi connectivity index (χ1n) is 8.01. The van der Waals surface area contributed by atoms with Gasteiger partial charge in [-0.3, -0.25) is 0 Å². The summed E-state index contributed by atoms with van der Waals surface area (Å²) in [6.45, 7) is 1.05. The fraction of sp³-hybridized carbons (Fsp3) is 0.529. The van der Waals surface area contributed by atoms with Crippen LogP contribution in [0.3, 0.4) is 0 Å². The van der Waals surface area contributed by atoms with Gasteiger partial charge in [0.05, 0.1) is 11.5 Å². The van der Waals surface area contributed by atoms with Crippen LogP contribution < -0.4 is 5.32 Å². The topological polar surface area (TPSA) is 51.0 Å². The molecule has 0 bridgehead atoms. The van der Waals surface area contributed by atoms with Crippen LogP contribution in [-0.2, 0) is 5.41 Å². The highest BCUT2D eigenvalue weighted by Crippen LogP contribution is 2.47. The van der Waals surface area contributed by atoms with Gasteiger partial charge in [0.1, 0.15) is 0 Å². The molecule has 2 heterocycles. The Morgan fingerprint density at radius 1 is 1.10 bits per heavy atom. The standard InChI is InChI=1S/C17H21N3O/c1-2-7-13(8-3-1)17(10-6-11-17)16-19-15(21-20-16)14-9-4-5-12-18-14/h1-3,7-8,14,18H,4-6,9-12H2. The predicted octanol–water partition coefficient (Wildman–Crippen LogP) is 3.35. The zero-order valence-electron chi connectivity index (χ0n) is 12.2. The number of benzene rings is 1. The van der Waals surface area contributed by atoms with Crippen LogP contribution in [0, 0.1) is 0 Å². The number of piperidine rings is 1. The zero-order valence-corrected chi connectivity index (χ0v) is 12.2. The molecule has 0 radical (unpaired) electrons. The van der Waals surface area contributed by atoms with Crippen LogP contribution in [0.1, 0.15) is 61.8 Å². The summed E-state index contributed by atoms with van der Waals surface area (Å²) in [6, 6.07) is 10.9. The predicted molar refractivity (Wildman–Crippen MR) is 80.0 cm³/mol. The number of hydrogen-bond donors (Lipinski definition) is 1. The van der Waals surface area contributed by atoms with Crippen molar-refractivity contribution >= 4 is 0 Å². The Bertz CT molecular complexity index is 598. The van der Waals surface area contributed by atoms with Crippen LogP contribution in [0.4, 0.5) is 0 Å². The number of nitrogens with zero attached hydrogens (tertiary/aromatic N) is 2. The van der Waals surface area contributed by atoms with Gasteiger partial charge in [-0.05, 0) is 37.8 Å². The Kier molecular flexibility index (Phi) is 3.26. The van der Waals surface area contributed by atoms with Crippen LogP contribution >= 0.6 is 0 Å². The Morgan fingerprint density at radius 3 is 2.62 bits per heavy atom. The van der Waals surface area contributed by atoms with Crippen molar-refractivity contribution in [2.45, 2.75) is 50.0 Å². The van der Waals surface area contributed by atoms with E-state index in [4.69, 9.17) is 9.51 Å². The van der Waals surface area contributed by atoms with Crippen molar-refractivity contribution in [1.82, 2.24) is 15.5 Å². The molecule has 1 N–H and O–H groups in total. The van der Waals surface area contributed by atoms with E-state index in [0.717, 1.165) is 37.5 Å². The molecule has 0 spiro atoms. The van der Waals surface area contributed by atoms with E-state index in [9.17, 15) is 0 Å². The molecule has 4 nitrogen and oxygen atoms in total. The molecule has 0 amide bonds. The lowest BCUT2D eigenvalue weighted by Gasteiger charge is -2.39. The largest absolute Gasteiger partial charge is 0.338 e. The summed E-state index contributed by atoms with van der Waals surface area (Å²) < 4.78 is 5.58. The highest BCUT2D eigenvalue weighted by molar-refractivity contribution is 5.35. The Hall–Kier alpha value is -1.68. The molecule has 1 saturated heterocycles. The minimum Gasteiger partial charge on any atom is -0.338 e. The molecule has 2 fully saturated rings. The van der Waals surface area contributed by atoms with Crippen LogP contribution in [-0.4, -0.2) is 16.7 Å². The second kappa shape index (κ2) is 5.26. The van der Waals surface area contributed by atoms with E-state index in [2.05, 4.69) is 40.8 Å². The van der Waals surface area contributed by atoms with Gasteiger partial charge in [0.2, 0.25) is 5.89 Å². The molecule has 4 heteroatoms. The molecule has 110 valence electrons.